The maximum Gasteiger partial charge on any atom is 0.144 e. The Labute approximate surface area is 90.7 Å². The molecule has 0 amide bonds. The molecular formula is C9H13BrN2O2. The molecule has 0 aliphatic heterocycles. The molecule has 78 valence electrons. The third-order valence-electron chi connectivity index (χ3n) is 2.01. The topological polar surface area (TPSA) is 92.5 Å². The maximum absolute atomic E-state index is 9.66. The highest BCUT2D eigenvalue weighted by atomic mass is 79.9. The summed E-state index contributed by atoms with van der Waals surface area (Å²) in [5.41, 5.74) is 12.1. The molecule has 0 heterocycles. The summed E-state index contributed by atoms with van der Waals surface area (Å²) >= 11 is 3.27. The fourth-order valence-corrected chi connectivity index (χ4v) is 1.85. The standard InChI is InChI=1S/C9H13BrN2O2/c10-5-1-2-7(12)9(14)8(5)6(11)3-4-13/h1-2,6,13-14H,3-4,11-12H2/t6-/m0/s1. The van der Waals surface area contributed by atoms with E-state index in [2.05, 4.69) is 15.9 Å². The van der Waals surface area contributed by atoms with Gasteiger partial charge >= 0.3 is 0 Å². The summed E-state index contributed by atoms with van der Waals surface area (Å²) in [6.45, 7) is -0.0259. The van der Waals surface area contributed by atoms with Gasteiger partial charge in [-0.2, -0.15) is 0 Å². The number of phenols is 1. The van der Waals surface area contributed by atoms with Gasteiger partial charge in [0.15, 0.2) is 0 Å². The van der Waals surface area contributed by atoms with Gasteiger partial charge < -0.3 is 21.7 Å². The van der Waals surface area contributed by atoms with E-state index in [1.807, 2.05) is 0 Å². The number of aliphatic hydroxyl groups is 1. The maximum atomic E-state index is 9.66. The van der Waals surface area contributed by atoms with Crippen LogP contribution in [0, 0.1) is 0 Å². The Balaban J connectivity index is 3.11. The Morgan fingerprint density at radius 1 is 1.43 bits per heavy atom. The number of aromatic hydroxyl groups is 1. The van der Waals surface area contributed by atoms with Gasteiger partial charge in [0.05, 0.1) is 5.69 Å². The van der Waals surface area contributed by atoms with Crippen molar-refractivity contribution in [2.75, 3.05) is 12.3 Å². The monoisotopic (exact) mass is 260 g/mol. The third kappa shape index (κ3) is 2.17. The second-order valence-corrected chi connectivity index (χ2v) is 3.87. The number of phenolic OH excluding ortho intramolecular Hbond substituents is 1. The first-order chi connectivity index (χ1) is 6.57. The van der Waals surface area contributed by atoms with Crippen molar-refractivity contribution in [2.45, 2.75) is 12.5 Å². The van der Waals surface area contributed by atoms with Gasteiger partial charge in [0.25, 0.3) is 0 Å². The molecule has 0 unspecified atom stereocenters. The van der Waals surface area contributed by atoms with Crippen molar-refractivity contribution in [3.63, 3.8) is 0 Å². The molecule has 6 N–H and O–H groups in total. The van der Waals surface area contributed by atoms with E-state index in [0.717, 1.165) is 0 Å². The summed E-state index contributed by atoms with van der Waals surface area (Å²) in [7, 11) is 0. The van der Waals surface area contributed by atoms with Crippen LogP contribution < -0.4 is 11.5 Å². The lowest BCUT2D eigenvalue weighted by Crippen LogP contribution is -2.13. The van der Waals surface area contributed by atoms with Crippen LogP contribution in [0.2, 0.25) is 0 Å². The fraction of sp³-hybridized carbons (Fsp3) is 0.333. The van der Waals surface area contributed by atoms with Gasteiger partial charge in [-0.15, -0.1) is 0 Å². The first-order valence-corrected chi connectivity index (χ1v) is 5.00. The van der Waals surface area contributed by atoms with Crippen LogP contribution in [-0.2, 0) is 0 Å². The van der Waals surface area contributed by atoms with Gasteiger partial charge in [-0.3, -0.25) is 0 Å². The first kappa shape index (κ1) is 11.3. The summed E-state index contributed by atoms with van der Waals surface area (Å²) < 4.78 is 0.699. The zero-order valence-corrected chi connectivity index (χ0v) is 9.16. The molecule has 0 aromatic heterocycles. The van der Waals surface area contributed by atoms with Crippen molar-refractivity contribution in [3.8, 4) is 5.75 Å². The van der Waals surface area contributed by atoms with E-state index >= 15 is 0 Å². The number of benzene rings is 1. The molecule has 0 fully saturated rings. The first-order valence-electron chi connectivity index (χ1n) is 4.21. The van der Waals surface area contributed by atoms with Crippen molar-refractivity contribution >= 4 is 21.6 Å². The highest BCUT2D eigenvalue weighted by Gasteiger charge is 2.16. The number of halogens is 1. The number of nitrogen functional groups attached to an aromatic ring is 1. The van der Waals surface area contributed by atoms with Gasteiger partial charge in [-0.25, -0.2) is 0 Å². The van der Waals surface area contributed by atoms with Crippen LogP contribution in [0.3, 0.4) is 0 Å². The van der Waals surface area contributed by atoms with Gasteiger partial charge in [-0.1, -0.05) is 15.9 Å². The summed E-state index contributed by atoms with van der Waals surface area (Å²) in [5.74, 6) is -0.0136. The molecule has 0 saturated carbocycles. The Hall–Kier alpha value is -0.780. The van der Waals surface area contributed by atoms with Crippen molar-refractivity contribution in [2.24, 2.45) is 5.73 Å². The SMILES string of the molecule is Nc1ccc(Br)c([C@@H](N)CCO)c1O. The van der Waals surface area contributed by atoms with Crippen molar-refractivity contribution in [1.82, 2.24) is 0 Å². The predicted molar refractivity (Wildman–Crippen MR) is 58.9 cm³/mol. The Morgan fingerprint density at radius 3 is 2.64 bits per heavy atom. The Bertz CT molecular complexity index is 331. The number of aliphatic hydroxyl groups excluding tert-OH is 1. The van der Waals surface area contributed by atoms with Crippen LogP contribution in [0.4, 0.5) is 5.69 Å². The molecule has 5 heteroatoms. The van der Waals surface area contributed by atoms with E-state index in [0.29, 0.717) is 16.5 Å². The summed E-state index contributed by atoms with van der Waals surface area (Å²) in [6, 6.07) is 2.90. The number of hydrogen-bond donors (Lipinski definition) is 4. The molecule has 0 bridgehead atoms. The third-order valence-corrected chi connectivity index (χ3v) is 2.70. The Kier molecular flexibility index (Phi) is 3.74. The van der Waals surface area contributed by atoms with Crippen LogP contribution in [0.25, 0.3) is 0 Å². The number of nitrogens with two attached hydrogens (primary N) is 2. The minimum atomic E-state index is -0.419. The molecular weight excluding hydrogens is 248 g/mol. The van der Waals surface area contributed by atoms with E-state index in [-0.39, 0.29) is 18.0 Å². The molecule has 4 nitrogen and oxygen atoms in total. The molecule has 0 radical (unpaired) electrons. The second kappa shape index (κ2) is 4.63. The summed E-state index contributed by atoms with van der Waals surface area (Å²) in [5, 5.41) is 18.4. The van der Waals surface area contributed by atoms with Crippen molar-refractivity contribution in [3.05, 3.63) is 22.2 Å². The van der Waals surface area contributed by atoms with Crippen LogP contribution >= 0.6 is 15.9 Å². The summed E-state index contributed by atoms with van der Waals surface area (Å²) in [4.78, 5) is 0. The minimum Gasteiger partial charge on any atom is -0.505 e. The molecule has 1 atom stereocenters. The van der Waals surface area contributed by atoms with E-state index in [1.54, 1.807) is 12.1 Å². The fourth-order valence-electron chi connectivity index (χ4n) is 1.24. The van der Waals surface area contributed by atoms with E-state index in [9.17, 15) is 5.11 Å². The molecule has 1 aromatic carbocycles. The number of hydrogen-bond acceptors (Lipinski definition) is 4. The van der Waals surface area contributed by atoms with Crippen LogP contribution in [0.1, 0.15) is 18.0 Å². The highest BCUT2D eigenvalue weighted by molar-refractivity contribution is 9.10. The summed E-state index contributed by atoms with van der Waals surface area (Å²) in [6.07, 6.45) is 0.385. The predicted octanol–water partition coefficient (Wildman–Crippen LogP) is 1.12. The Morgan fingerprint density at radius 2 is 2.07 bits per heavy atom. The lowest BCUT2D eigenvalue weighted by molar-refractivity contribution is 0.275. The highest BCUT2D eigenvalue weighted by Crippen LogP contribution is 2.36. The zero-order valence-electron chi connectivity index (χ0n) is 7.57. The molecule has 1 rings (SSSR count). The normalized spacial score (nSPS) is 12.8. The molecule has 14 heavy (non-hydrogen) atoms. The quantitative estimate of drug-likeness (QED) is 0.484. The molecule has 1 aromatic rings. The van der Waals surface area contributed by atoms with Crippen LogP contribution in [-0.4, -0.2) is 16.8 Å². The van der Waals surface area contributed by atoms with E-state index in [1.165, 1.54) is 0 Å². The minimum absolute atomic E-state index is 0.0136. The average molecular weight is 261 g/mol. The average Bonchev–Trinajstić information content (AvgIpc) is 2.13. The van der Waals surface area contributed by atoms with Gasteiger partial charge in [0, 0.05) is 22.7 Å². The van der Waals surface area contributed by atoms with Crippen LogP contribution in [0.5, 0.6) is 5.75 Å². The lowest BCUT2D eigenvalue weighted by atomic mass is 10.0. The molecule has 0 spiro atoms. The second-order valence-electron chi connectivity index (χ2n) is 3.02. The molecule has 0 aliphatic rings. The van der Waals surface area contributed by atoms with Crippen LogP contribution in [0.15, 0.2) is 16.6 Å². The zero-order chi connectivity index (χ0) is 10.7. The number of rotatable bonds is 3. The van der Waals surface area contributed by atoms with E-state index < -0.39 is 6.04 Å². The smallest absolute Gasteiger partial charge is 0.144 e. The largest absolute Gasteiger partial charge is 0.505 e. The number of anilines is 1. The van der Waals surface area contributed by atoms with Crippen molar-refractivity contribution < 1.29 is 10.2 Å². The van der Waals surface area contributed by atoms with Gasteiger partial charge in [0.1, 0.15) is 5.75 Å². The molecule has 0 aliphatic carbocycles. The lowest BCUT2D eigenvalue weighted by Gasteiger charge is -2.15. The van der Waals surface area contributed by atoms with Crippen molar-refractivity contribution in [1.29, 1.82) is 0 Å². The van der Waals surface area contributed by atoms with E-state index in [4.69, 9.17) is 16.6 Å². The molecule has 0 saturated heterocycles. The van der Waals surface area contributed by atoms with Gasteiger partial charge in [0.2, 0.25) is 0 Å². The van der Waals surface area contributed by atoms with Gasteiger partial charge in [-0.05, 0) is 18.6 Å².